The number of hydrogen-bond donors (Lipinski definition) is 2. The number of rotatable bonds is 2. The first-order chi connectivity index (χ1) is 9.36. The standard InChI is InChI=1S/C14H17BrN2O3/c1-14(13(19)20)6-2-3-7-17(14)12(18)9-4-5-10(15)11(16)8-9/h4-5,8H,2-3,6-7,16H2,1H3,(H,19,20). The molecule has 1 amide bonds. The molecule has 0 aromatic heterocycles. The molecular formula is C14H17BrN2O3. The van der Waals surface area contributed by atoms with Crippen LogP contribution in [-0.2, 0) is 4.79 Å². The molecular weight excluding hydrogens is 324 g/mol. The Hall–Kier alpha value is -1.56. The lowest BCUT2D eigenvalue weighted by Crippen LogP contribution is -2.57. The van der Waals surface area contributed by atoms with Crippen LogP contribution in [0.2, 0.25) is 0 Å². The van der Waals surface area contributed by atoms with Gasteiger partial charge in [0.25, 0.3) is 5.91 Å². The predicted molar refractivity (Wildman–Crippen MR) is 79.5 cm³/mol. The minimum absolute atomic E-state index is 0.284. The number of carbonyl (C=O) groups excluding carboxylic acids is 1. The highest BCUT2D eigenvalue weighted by Crippen LogP contribution is 2.30. The van der Waals surface area contributed by atoms with Gasteiger partial charge in [-0.25, -0.2) is 4.79 Å². The number of likely N-dealkylation sites (tertiary alicyclic amines) is 1. The zero-order valence-electron chi connectivity index (χ0n) is 11.2. The largest absolute Gasteiger partial charge is 0.480 e. The van der Waals surface area contributed by atoms with E-state index in [1.165, 1.54) is 4.90 Å². The normalized spacial score (nSPS) is 22.6. The minimum atomic E-state index is -1.14. The molecule has 0 aliphatic carbocycles. The molecule has 0 bridgehead atoms. The van der Waals surface area contributed by atoms with Crippen LogP contribution in [0.15, 0.2) is 22.7 Å². The lowest BCUT2D eigenvalue weighted by Gasteiger charge is -2.41. The Morgan fingerprint density at radius 2 is 2.10 bits per heavy atom. The number of carboxylic acid groups (broad SMARTS) is 1. The molecule has 1 saturated heterocycles. The molecule has 1 aromatic carbocycles. The van der Waals surface area contributed by atoms with E-state index < -0.39 is 11.5 Å². The second-order valence-electron chi connectivity index (χ2n) is 5.23. The van der Waals surface area contributed by atoms with Crippen LogP contribution in [0.1, 0.15) is 36.5 Å². The molecule has 0 saturated carbocycles. The van der Waals surface area contributed by atoms with Crippen LogP contribution in [0.4, 0.5) is 5.69 Å². The highest BCUT2D eigenvalue weighted by molar-refractivity contribution is 9.10. The SMILES string of the molecule is CC1(C(=O)O)CCCCN1C(=O)c1ccc(Br)c(N)c1. The van der Waals surface area contributed by atoms with Gasteiger partial charge in [-0.15, -0.1) is 0 Å². The van der Waals surface area contributed by atoms with Gasteiger partial charge in [0.05, 0.1) is 0 Å². The summed E-state index contributed by atoms with van der Waals surface area (Å²) in [5.41, 5.74) is 5.52. The van der Waals surface area contributed by atoms with Crippen LogP contribution in [0, 0.1) is 0 Å². The maximum atomic E-state index is 12.6. The second-order valence-corrected chi connectivity index (χ2v) is 6.08. The number of carbonyl (C=O) groups is 2. The maximum absolute atomic E-state index is 12.6. The number of nitrogen functional groups attached to an aromatic ring is 1. The molecule has 0 spiro atoms. The number of nitrogens with two attached hydrogens (primary N) is 1. The lowest BCUT2D eigenvalue weighted by atomic mass is 9.88. The number of piperidine rings is 1. The van der Waals surface area contributed by atoms with Crippen molar-refractivity contribution >= 4 is 33.5 Å². The van der Waals surface area contributed by atoms with Gasteiger partial charge in [-0.2, -0.15) is 0 Å². The number of benzene rings is 1. The van der Waals surface area contributed by atoms with Crippen molar-refractivity contribution in [2.24, 2.45) is 0 Å². The van der Waals surface area contributed by atoms with Crippen LogP contribution in [0.25, 0.3) is 0 Å². The average molecular weight is 341 g/mol. The van der Waals surface area contributed by atoms with E-state index in [0.717, 1.165) is 12.8 Å². The number of amides is 1. The smallest absolute Gasteiger partial charge is 0.329 e. The molecule has 5 nitrogen and oxygen atoms in total. The molecule has 1 aliphatic heterocycles. The van der Waals surface area contributed by atoms with Crippen LogP contribution in [-0.4, -0.2) is 34.0 Å². The van der Waals surface area contributed by atoms with Gasteiger partial charge in [-0.3, -0.25) is 4.79 Å². The fourth-order valence-corrected chi connectivity index (χ4v) is 2.75. The Kier molecular flexibility index (Phi) is 4.04. The Bertz CT molecular complexity index is 561. The van der Waals surface area contributed by atoms with Gasteiger partial charge < -0.3 is 15.7 Å². The van der Waals surface area contributed by atoms with Gasteiger partial charge in [-0.05, 0) is 60.3 Å². The zero-order valence-corrected chi connectivity index (χ0v) is 12.8. The van der Waals surface area contributed by atoms with Gasteiger partial charge in [-0.1, -0.05) is 0 Å². The van der Waals surface area contributed by atoms with E-state index in [1.807, 2.05) is 0 Å². The summed E-state index contributed by atoms with van der Waals surface area (Å²) in [5, 5.41) is 9.44. The predicted octanol–water partition coefficient (Wildman–Crippen LogP) is 2.50. The van der Waals surface area contributed by atoms with Gasteiger partial charge in [0.15, 0.2) is 0 Å². The van der Waals surface area contributed by atoms with Crippen molar-refractivity contribution in [3.8, 4) is 0 Å². The number of carboxylic acids is 1. The van der Waals surface area contributed by atoms with E-state index in [1.54, 1.807) is 25.1 Å². The molecule has 2 rings (SSSR count). The Balaban J connectivity index is 2.35. The average Bonchev–Trinajstić information content (AvgIpc) is 2.41. The summed E-state index contributed by atoms with van der Waals surface area (Å²) in [4.78, 5) is 25.5. The van der Waals surface area contributed by atoms with Crippen LogP contribution < -0.4 is 5.73 Å². The molecule has 1 aliphatic rings. The van der Waals surface area contributed by atoms with Crippen molar-refractivity contribution in [2.45, 2.75) is 31.7 Å². The number of hydrogen-bond acceptors (Lipinski definition) is 3. The Labute approximate surface area is 125 Å². The van der Waals surface area contributed by atoms with Gasteiger partial charge in [0, 0.05) is 22.3 Å². The quantitative estimate of drug-likeness (QED) is 0.810. The molecule has 0 radical (unpaired) electrons. The zero-order chi connectivity index (χ0) is 14.9. The first kappa shape index (κ1) is 14.8. The highest BCUT2D eigenvalue weighted by atomic mass is 79.9. The summed E-state index contributed by atoms with van der Waals surface area (Å²) >= 11 is 3.28. The van der Waals surface area contributed by atoms with E-state index in [9.17, 15) is 14.7 Å². The molecule has 1 aromatic rings. The third-order valence-corrected chi connectivity index (χ3v) is 4.56. The highest BCUT2D eigenvalue weighted by Gasteiger charge is 2.44. The summed E-state index contributed by atoms with van der Waals surface area (Å²) in [7, 11) is 0. The number of aliphatic carboxylic acids is 1. The van der Waals surface area contributed by atoms with Crippen molar-refractivity contribution in [1.82, 2.24) is 4.90 Å². The van der Waals surface area contributed by atoms with E-state index in [0.29, 0.717) is 28.7 Å². The van der Waals surface area contributed by atoms with Gasteiger partial charge >= 0.3 is 5.97 Å². The van der Waals surface area contributed by atoms with Crippen molar-refractivity contribution < 1.29 is 14.7 Å². The first-order valence-corrected chi connectivity index (χ1v) is 7.26. The second kappa shape index (κ2) is 5.44. The Morgan fingerprint density at radius 3 is 2.70 bits per heavy atom. The molecule has 1 heterocycles. The van der Waals surface area contributed by atoms with Crippen molar-refractivity contribution in [3.05, 3.63) is 28.2 Å². The van der Waals surface area contributed by atoms with Crippen molar-refractivity contribution in [2.75, 3.05) is 12.3 Å². The molecule has 20 heavy (non-hydrogen) atoms. The third-order valence-electron chi connectivity index (χ3n) is 3.84. The molecule has 6 heteroatoms. The summed E-state index contributed by atoms with van der Waals surface area (Å²) in [6, 6.07) is 4.92. The lowest BCUT2D eigenvalue weighted by molar-refractivity contribution is -0.150. The third kappa shape index (κ3) is 2.52. The summed E-state index contributed by atoms with van der Waals surface area (Å²) in [5.74, 6) is -1.25. The molecule has 108 valence electrons. The van der Waals surface area contributed by atoms with Crippen LogP contribution >= 0.6 is 15.9 Å². The number of halogens is 1. The maximum Gasteiger partial charge on any atom is 0.329 e. The summed E-state index contributed by atoms with van der Waals surface area (Å²) in [6.45, 7) is 2.06. The molecule has 1 unspecified atom stereocenters. The fraction of sp³-hybridized carbons (Fsp3) is 0.429. The van der Waals surface area contributed by atoms with E-state index in [-0.39, 0.29) is 5.91 Å². The van der Waals surface area contributed by atoms with Gasteiger partial charge in [0.2, 0.25) is 0 Å². The summed E-state index contributed by atoms with van der Waals surface area (Å²) in [6.07, 6.45) is 2.11. The summed E-state index contributed by atoms with van der Waals surface area (Å²) < 4.78 is 0.716. The van der Waals surface area contributed by atoms with Crippen LogP contribution in [0.5, 0.6) is 0 Å². The molecule has 3 N–H and O–H groups in total. The Morgan fingerprint density at radius 1 is 1.40 bits per heavy atom. The minimum Gasteiger partial charge on any atom is -0.480 e. The van der Waals surface area contributed by atoms with E-state index in [2.05, 4.69) is 15.9 Å². The topological polar surface area (TPSA) is 83.6 Å². The van der Waals surface area contributed by atoms with Crippen LogP contribution in [0.3, 0.4) is 0 Å². The monoisotopic (exact) mass is 340 g/mol. The first-order valence-electron chi connectivity index (χ1n) is 6.46. The molecule has 1 atom stereocenters. The van der Waals surface area contributed by atoms with Crippen molar-refractivity contribution in [1.29, 1.82) is 0 Å². The number of nitrogens with zero attached hydrogens (tertiary/aromatic N) is 1. The van der Waals surface area contributed by atoms with E-state index in [4.69, 9.17) is 5.73 Å². The van der Waals surface area contributed by atoms with E-state index >= 15 is 0 Å². The fourth-order valence-electron chi connectivity index (χ4n) is 2.50. The molecule has 1 fully saturated rings. The van der Waals surface area contributed by atoms with Crippen molar-refractivity contribution in [3.63, 3.8) is 0 Å². The van der Waals surface area contributed by atoms with Gasteiger partial charge in [0.1, 0.15) is 5.54 Å². The number of anilines is 1.